The van der Waals surface area contributed by atoms with E-state index in [1.54, 1.807) is 0 Å². The van der Waals surface area contributed by atoms with E-state index in [1.165, 1.54) is 37.8 Å². The number of rotatable bonds is 9. The monoisotopic (exact) mass is 497 g/mol. The Balaban J connectivity index is 1.77. The van der Waals surface area contributed by atoms with Gasteiger partial charge in [-0.1, -0.05) is 0 Å². The summed E-state index contributed by atoms with van der Waals surface area (Å²) in [4.78, 5) is 24.8. The lowest BCUT2D eigenvalue weighted by atomic mass is 10.1. The molecule has 0 amide bonds. The Hall–Kier alpha value is -3.22. The summed E-state index contributed by atoms with van der Waals surface area (Å²) in [5, 5.41) is 0. The second kappa shape index (κ2) is 10.8. The smallest absolute Gasteiger partial charge is 0.341 e. The van der Waals surface area contributed by atoms with Crippen LogP contribution < -0.4 is 14.2 Å². The molecular weight excluding hydrogens is 473 g/mol. The molecule has 0 saturated carbocycles. The summed E-state index contributed by atoms with van der Waals surface area (Å²) in [5.74, 6) is -2.06. The van der Waals surface area contributed by atoms with Crippen molar-refractivity contribution < 1.29 is 46.1 Å². The standard InChI is InChI=1S/C22H24FNO9S/c1-29-19-10-14(11-20(30-2)21(19)31-3)18(25)13-33-22(26)16-12-15(4-5-17(16)23)34(27,28)24-6-8-32-9-7-24/h4-5,10-12H,6-9,13H2,1-3H3. The fourth-order valence-corrected chi connectivity index (χ4v) is 4.73. The number of morpholine rings is 1. The first-order chi connectivity index (χ1) is 16.2. The number of halogens is 1. The highest BCUT2D eigenvalue weighted by atomic mass is 32.2. The lowest BCUT2D eigenvalue weighted by Crippen LogP contribution is -2.40. The maximum absolute atomic E-state index is 14.3. The Morgan fingerprint density at radius 1 is 1.00 bits per heavy atom. The number of sulfonamides is 1. The molecule has 1 saturated heterocycles. The largest absolute Gasteiger partial charge is 0.493 e. The maximum Gasteiger partial charge on any atom is 0.341 e. The van der Waals surface area contributed by atoms with Crippen LogP contribution in [-0.4, -0.2) is 78.7 Å². The number of carbonyl (C=O) groups is 2. The topological polar surface area (TPSA) is 118 Å². The quantitative estimate of drug-likeness (QED) is 0.378. The molecule has 0 unspecified atom stereocenters. The molecular formula is C22H24FNO9S. The van der Waals surface area contributed by atoms with E-state index in [1.807, 2.05) is 0 Å². The maximum atomic E-state index is 14.3. The number of ketones is 1. The molecule has 1 aliphatic rings. The lowest BCUT2D eigenvalue weighted by molar-refractivity contribution is 0.0469. The zero-order valence-corrected chi connectivity index (χ0v) is 19.6. The molecule has 12 heteroatoms. The van der Waals surface area contributed by atoms with Gasteiger partial charge >= 0.3 is 5.97 Å². The van der Waals surface area contributed by atoms with E-state index >= 15 is 0 Å². The Morgan fingerprint density at radius 2 is 1.62 bits per heavy atom. The van der Waals surface area contributed by atoms with Crippen LogP contribution in [0.4, 0.5) is 4.39 Å². The van der Waals surface area contributed by atoms with Crippen LogP contribution in [0.1, 0.15) is 20.7 Å². The summed E-state index contributed by atoms with van der Waals surface area (Å²) in [6.45, 7) is 0.0274. The summed E-state index contributed by atoms with van der Waals surface area (Å²) in [7, 11) is 0.212. The van der Waals surface area contributed by atoms with Gasteiger partial charge in [0.05, 0.1) is 45.0 Å². The minimum atomic E-state index is -3.96. The van der Waals surface area contributed by atoms with Crippen LogP contribution in [-0.2, 0) is 19.5 Å². The fourth-order valence-electron chi connectivity index (χ4n) is 3.29. The Morgan fingerprint density at radius 3 is 2.18 bits per heavy atom. The van der Waals surface area contributed by atoms with Gasteiger partial charge in [0.15, 0.2) is 18.1 Å². The third-order valence-corrected chi connectivity index (χ3v) is 6.98. The van der Waals surface area contributed by atoms with Gasteiger partial charge in [-0.25, -0.2) is 17.6 Å². The third-order valence-electron chi connectivity index (χ3n) is 5.09. The van der Waals surface area contributed by atoms with Crippen molar-refractivity contribution in [3.63, 3.8) is 0 Å². The third kappa shape index (κ3) is 5.29. The number of esters is 1. The van der Waals surface area contributed by atoms with Crippen LogP contribution >= 0.6 is 0 Å². The Labute approximate surface area is 196 Å². The van der Waals surface area contributed by atoms with E-state index in [0.717, 1.165) is 18.2 Å². The molecule has 0 atom stereocenters. The molecule has 1 fully saturated rings. The van der Waals surface area contributed by atoms with Gasteiger partial charge in [-0.05, 0) is 30.3 Å². The number of Topliss-reactive ketones (excluding diaryl/α,β-unsaturated/α-hetero) is 1. The van der Waals surface area contributed by atoms with Gasteiger partial charge in [0.25, 0.3) is 0 Å². The minimum Gasteiger partial charge on any atom is -0.493 e. The van der Waals surface area contributed by atoms with Crippen molar-refractivity contribution in [2.45, 2.75) is 4.90 Å². The second-order valence-corrected chi connectivity index (χ2v) is 9.01. The van der Waals surface area contributed by atoms with Crippen molar-refractivity contribution in [3.8, 4) is 17.2 Å². The van der Waals surface area contributed by atoms with Crippen LogP contribution in [0.25, 0.3) is 0 Å². The van der Waals surface area contributed by atoms with E-state index in [0.29, 0.717) is 0 Å². The molecule has 0 spiro atoms. The summed E-state index contributed by atoms with van der Waals surface area (Å²) >= 11 is 0. The molecule has 2 aromatic rings. The molecule has 0 radical (unpaired) electrons. The van der Waals surface area contributed by atoms with Crippen molar-refractivity contribution in [2.24, 2.45) is 0 Å². The number of hydrogen-bond donors (Lipinski definition) is 0. The lowest BCUT2D eigenvalue weighted by Gasteiger charge is -2.26. The van der Waals surface area contributed by atoms with E-state index in [9.17, 15) is 22.4 Å². The van der Waals surface area contributed by atoms with Gasteiger partial charge in [0.1, 0.15) is 5.82 Å². The molecule has 1 aliphatic heterocycles. The van der Waals surface area contributed by atoms with Gasteiger partial charge in [-0.15, -0.1) is 0 Å². The van der Waals surface area contributed by atoms with E-state index in [2.05, 4.69) is 0 Å². The number of ether oxygens (including phenoxy) is 5. The Bertz CT molecular complexity index is 1150. The minimum absolute atomic E-state index is 0.103. The molecule has 184 valence electrons. The van der Waals surface area contributed by atoms with Gasteiger partial charge in [-0.2, -0.15) is 4.31 Å². The van der Waals surface area contributed by atoms with E-state index in [4.69, 9.17) is 23.7 Å². The van der Waals surface area contributed by atoms with Crippen molar-refractivity contribution in [1.29, 1.82) is 0 Å². The van der Waals surface area contributed by atoms with Crippen LogP contribution in [0.15, 0.2) is 35.2 Å². The summed E-state index contributed by atoms with van der Waals surface area (Å²) in [5.41, 5.74) is -0.501. The number of methoxy groups -OCH3 is 3. The zero-order valence-electron chi connectivity index (χ0n) is 18.8. The predicted molar refractivity (Wildman–Crippen MR) is 117 cm³/mol. The first-order valence-corrected chi connectivity index (χ1v) is 11.5. The van der Waals surface area contributed by atoms with Crippen molar-refractivity contribution in [2.75, 3.05) is 54.2 Å². The van der Waals surface area contributed by atoms with Crippen LogP contribution in [0.5, 0.6) is 17.2 Å². The van der Waals surface area contributed by atoms with Crippen LogP contribution in [0.3, 0.4) is 0 Å². The molecule has 10 nitrogen and oxygen atoms in total. The molecule has 2 aromatic carbocycles. The van der Waals surface area contributed by atoms with E-state index in [-0.39, 0.29) is 54.0 Å². The van der Waals surface area contributed by atoms with E-state index < -0.39 is 39.8 Å². The normalized spacial score (nSPS) is 14.4. The molecule has 34 heavy (non-hydrogen) atoms. The fraction of sp³-hybridized carbons (Fsp3) is 0.364. The molecule has 0 aromatic heterocycles. The predicted octanol–water partition coefficient (Wildman–Crippen LogP) is 1.91. The highest BCUT2D eigenvalue weighted by Crippen LogP contribution is 2.38. The molecule has 0 N–H and O–H groups in total. The average Bonchev–Trinajstić information content (AvgIpc) is 2.86. The van der Waals surface area contributed by atoms with Gasteiger partial charge in [0, 0.05) is 18.7 Å². The highest BCUT2D eigenvalue weighted by molar-refractivity contribution is 7.89. The number of hydrogen-bond acceptors (Lipinski definition) is 9. The first-order valence-electron chi connectivity index (χ1n) is 10.1. The number of benzene rings is 2. The van der Waals surface area contributed by atoms with Crippen molar-refractivity contribution in [3.05, 3.63) is 47.3 Å². The van der Waals surface area contributed by atoms with Gasteiger partial charge in [-0.3, -0.25) is 4.79 Å². The zero-order chi connectivity index (χ0) is 24.9. The summed E-state index contributed by atoms with van der Waals surface area (Å²) in [6.07, 6.45) is 0. The van der Waals surface area contributed by atoms with Crippen LogP contribution in [0, 0.1) is 5.82 Å². The van der Waals surface area contributed by atoms with Crippen LogP contribution in [0.2, 0.25) is 0 Å². The number of carbonyl (C=O) groups excluding carboxylic acids is 2. The SMILES string of the molecule is COc1cc(C(=O)COC(=O)c2cc(S(=O)(=O)N3CCOCC3)ccc2F)cc(OC)c1OC. The van der Waals surface area contributed by atoms with Crippen molar-refractivity contribution in [1.82, 2.24) is 4.31 Å². The molecule has 1 heterocycles. The molecule has 0 bridgehead atoms. The van der Waals surface area contributed by atoms with Gasteiger partial charge < -0.3 is 23.7 Å². The highest BCUT2D eigenvalue weighted by Gasteiger charge is 2.28. The number of nitrogens with zero attached hydrogens (tertiary/aromatic N) is 1. The summed E-state index contributed by atoms with van der Waals surface area (Å²) in [6, 6.07) is 5.59. The average molecular weight is 497 g/mol. The summed E-state index contributed by atoms with van der Waals surface area (Å²) < 4.78 is 66.8. The van der Waals surface area contributed by atoms with Gasteiger partial charge in [0.2, 0.25) is 21.6 Å². The molecule has 3 rings (SSSR count). The van der Waals surface area contributed by atoms with Crippen molar-refractivity contribution >= 4 is 21.8 Å². The Kier molecular flexibility index (Phi) is 8.07. The molecule has 0 aliphatic carbocycles. The first kappa shape index (κ1) is 25.4. The second-order valence-electron chi connectivity index (χ2n) is 7.07.